The Morgan fingerprint density at radius 1 is 0.808 bits per heavy atom. The van der Waals surface area contributed by atoms with Gasteiger partial charge in [-0.15, -0.1) is 11.3 Å². The summed E-state index contributed by atoms with van der Waals surface area (Å²) in [6.07, 6.45) is 0. The van der Waals surface area contributed by atoms with E-state index in [1.165, 1.54) is 11.3 Å². The second-order valence-corrected chi connectivity index (χ2v) is 7.81. The molecule has 0 bridgehead atoms. The van der Waals surface area contributed by atoms with Crippen molar-refractivity contribution in [3.05, 3.63) is 69.9 Å². The quantitative estimate of drug-likeness (QED) is 0.694. The Bertz CT molecular complexity index is 966. The Morgan fingerprint density at radius 2 is 1.46 bits per heavy atom. The first-order valence-electron chi connectivity index (χ1n) is 8.76. The van der Waals surface area contributed by atoms with Gasteiger partial charge in [-0.25, -0.2) is 0 Å². The number of fused-ring (bicyclic) bond motifs is 1. The third-order valence-electron chi connectivity index (χ3n) is 4.83. The second-order valence-electron chi connectivity index (χ2n) is 6.52. The van der Waals surface area contributed by atoms with E-state index in [1.807, 2.05) is 71.3 Å². The molecule has 1 fully saturated rings. The Hall–Kier alpha value is -2.66. The molecule has 0 aliphatic carbocycles. The molecule has 26 heavy (non-hydrogen) atoms. The Morgan fingerprint density at radius 3 is 2.15 bits per heavy atom. The summed E-state index contributed by atoms with van der Waals surface area (Å²) in [5.74, 6) is 0.112. The van der Waals surface area contributed by atoms with Gasteiger partial charge in [-0.3, -0.25) is 9.59 Å². The van der Waals surface area contributed by atoms with Crippen molar-refractivity contribution in [2.45, 2.75) is 6.92 Å². The second kappa shape index (κ2) is 6.92. The molecule has 0 spiro atoms. The average Bonchev–Trinajstić information content (AvgIpc) is 3.13. The Labute approximate surface area is 156 Å². The van der Waals surface area contributed by atoms with E-state index in [0.29, 0.717) is 26.2 Å². The molecule has 5 heteroatoms. The van der Waals surface area contributed by atoms with Gasteiger partial charge in [0.1, 0.15) is 0 Å². The van der Waals surface area contributed by atoms with Gasteiger partial charge in [0.25, 0.3) is 11.8 Å². The van der Waals surface area contributed by atoms with Crippen molar-refractivity contribution in [3.63, 3.8) is 0 Å². The largest absolute Gasteiger partial charge is 0.335 e. The van der Waals surface area contributed by atoms with E-state index >= 15 is 0 Å². The van der Waals surface area contributed by atoms with Crippen LogP contribution in [-0.2, 0) is 0 Å². The van der Waals surface area contributed by atoms with Gasteiger partial charge in [-0.2, -0.15) is 0 Å². The number of thiophene rings is 1. The van der Waals surface area contributed by atoms with Crippen molar-refractivity contribution in [1.82, 2.24) is 9.80 Å². The summed E-state index contributed by atoms with van der Waals surface area (Å²) in [6, 6.07) is 17.6. The van der Waals surface area contributed by atoms with E-state index in [9.17, 15) is 9.59 Å². The standard InChI is InChI=1S/C21H20N2O2S/c1-15-9-10-19(26-15)21(25)23-13-11-22(12-14-23)20(24)18-8-4-6-16-5-2-3-7-17(16)18/h2-10H,11-14H2,1H3. The normalized spacial score (nSPS) is 14.7. The van der Waals surface area contributed by atoms with E-state index in [0.717, 1.165) is 26.1 Å². The Kier molecular flexibility index (Phi) is 4.47. The first-order valence-corrected chi connectivity index (χ1v) is 9.58. The summed E-state index contributed by atoms with van der Waals surface area (Å²) < 4.78 is 0. The van der Waals surface area contributed by atoms with E-state index in [1.54, 1.807) is 0 Å². The number of carbonyl (C=O) groups excluding carboxylic acids is 2. The monoisotopic (exact) mass is 364 g/mol. The molecule has 1 saturated heterocycles. The van der Waals surface area contributed by atoms with Gasteiger partial charge in [0.2, 0.25) is 0 Å². The minimum Gasteiger partial charge on any atom is -0.335 e. The van der Waals surface area contributed by atoms with Gasteiger partial charge in [-0.1, -0.05) is 36.4 Å². The minimum absolute atomic E-state index is 0.0425. The highest BCUT2D eigenvalue weighted by Crippen LogP contribution is 2.22. The predicted octanol–water partition coefficient (Wildman–Crippen LogP) is 3.81. The van der Waals surface area contributed by atoms with Gasteiger partial charge in [0.15, 0.2) is 0 Å². The molecule has 1 aliphatic heterocycles. The average molecular weight is 364 g/mol. The van der Waals surface area contributed by atoms with Crippen molar-refractivity contribution < 1.29 is 9.59 Å². The number of hydrogen-bond donors (Lipinski definition) is 0. The molecule has 2 aromatic carbocycles. The lowest BCUT2D eigenvalue weighted by atomic mass is 10.0. The van der Waals surface area contributed by atoms with Crippen LogP contribution in [0.3, 0.4) is 0 Å². The fraction of sp³-hybridized carbons (Fsp3) is 0.238. The highest BCUT2D eigenvalue weighted by molar-refractivity contribution is 7.13. The lowest BCUT2D eigenvalue weighted by Gasteiger charge is -2.34. The molecular formula is C21H20N2O2S. The molecule has 1 aliphatic rings. The molecule has 2 heterocycles. The van der Waals surface area contributed by atoms with Crippen LogP contribution in [0.15, 0.2) is 54.6 Å². The highest BCUT2D eigenvalue weighted by atomic mass is 32.1. The van der Waals surface area contributed by atoms with Crippen molar-refractivity contribution >= 4 is 33.9 Å². The lowest BCUT2D eigenvalue weighted by molar-refractivity contribution is 0.0539. The number of nitrogens with zero attached hydrogens (tertiary/aromatic N) is 2. The van der Waals surface area contributed by atoms with Crippen LogP contribution in [-0.4, -0.2) is 47.8 Å². The minimum atomic E-state index is 0.0425. The van der Waals surface area contributed by atoms with E-state index in [2.05, 4.69) is 0 Å². The van der Waals surface area contributed by atoms with Crippen LogP contribution in [0.25, 0.3) is 10.8 Å². The molecule has 1 aromatic heterocycles. The number of carbonyl (C=O) groups is 2. The van der Waals surface area contributed by atoms with Crippen LogP contribution in [0.1, 0.15) is 24.9 Å². The number of piperazine rings is 1. The van der Waals surface area contributed by atoms with E-state index < -0.39 is 0 Å². The van der Waals surface area contributed by atoms with Crippen LogP contribution in [0.2, 0.25) is 0 Å². The zero-order valence-corrected chi connectivity index (χ0v) is 15.5. The van der Waals surface area contributed by atoms with Crippen molar-refractivity contribution in [2.75, 3.05) is 26.2 Å². The number of aryl methyl sites for hydroxylation is 1. The summed E-state index contributed by atoms with van der Waals surface area (Å²) in [5.41, 5.74) is 0.733. The fourth-order valence-corrected chi connectivity index (χ4v) is 4.24. The molecule has 0 radical (unpaired) electrons. The molecule has 0 saturated carbocycles. The first-order chi connectivity index (χ1) is 12.6. The Balaban J connectivity index is 1.47. The van der Waals surface area contributed by atoms with Crippen LogP contribution >= 0.6 is 11.3 Å². The maximum atomic E-state index is 13.0. The summed E-state index contributed by atoms with van der Waals surface area (Å²) in [6.45, 7) is 4.29. The van der Waals surface area contributed by atoms with Crippen LogP contribution in [0.5, 0.6) is 0 Å². The van der Waals surface area contributed by atoms with Crippen molar-refractivity contribution in [2.24, 2.45) is 0 Å². The molecule has 4 rings (SSSR count). The third-order valence-corrected chi connectivity index (χ3v) is 5.81. The molecule has 2 amide bonds. The third kappa shape index (κ3) is 3.10. The smallest absolute Gasteiger partial charge is 0.264 e. The van der Waals surface area contributed by atoms with Gasteiger partial charge < -0.3 is 9.80 Å². The number of amides is 2. The van der Waals surface area contributed by atoms with Crippen LogP contribution < -0.4 is 0 Å². The van der Waals surface area contributed by atoms with Crippen LogP contribution in [0, 0.1) is 6.92 Å². The summed E-state index contributed by atoms with van der Waals surface area (Å²) >= 11 is 1.52. The summed E-state index contributed by atoms with van der Waals surface area (Å²) in [5, 5.41) is 2.05. The van der Waals surface area contributed by atoms with Crippen molar-refractivity contribution in [3.8, 4) is 0 Å². The molecule has 0 atom stereocenters. The molecule has 3 aromatic rings. The molecular weight excluding hydrogens is 344 g/mol. The van der Waals surface area contributed by atoms with Crippen LogP contribution in [0.4, 0.5) is 0 Å². The molecule has 0 unspecified atom stereocenters. The molecule has 4 nitrogen and oxygen atoms in total. The van der Waals surface area contributed by atoms with Gasteiger partial charge >= 0.3 is 0 Å². The molecule has 132 valence electrons. The van der Waals surface area contributed by atoms with Gasteiger partial charge in [0, 0.05) is 36.6 Å². The molecule has 0 N–H and O–H groups in total. The van der Waals surface area contributed by atoms with Crippen molar-refractivity contribution in [1.29, 1.82) is 0 Å². The number of rotatable bonds is 2. The zero-order valence-electron chi connectivity index (χ0n) is 14.6. The maximum Gasteiger partial charge on any atom is 0.264 e. The number of hydrogen-bond acceptors (Lipinski definition) is 3. The summed E-state index contributed by atoms with van der Waals surface area (Å²) in [7, 11) is 0. The summed E-state index contributed by atoms with van der Waals surface area (Å²) in [4.78, 5) is 31.2. The number of benzene rings is 2. The lowest BCUT2D eigenvalue weighted by Crippen LogP contribution is -2.50. The van der Waals surface area contributed by atoms with E-state index in [-0.39, 0.29) is 11.8 Å². The predicted molar refractivity (Wildman–Crippen MR) is 105 cm³/mol. The SMILES string of the molecule is Cc1ccc(C(=O)N2CCN(C(=O)c3cccc4ccccc34)CC2)s1. The fourth-order valence-electron chi connectivity index (χ4n) is 3.40. The topological polar surface area (TPSA) is 40.6 Å². The first kappa shape index (κ1) is 16.8. The van der Waals surface area contributed by atoms with E-state index in [4.69, 9.17) is 0 Å². The highest BCUT2D eigenvalue weighted by Gasteiger charge is 2.26. The maximum absolute atomic E-state index is 13.0. The zero-order chi connectivity index (χ0) is 18.1. The van der Waals surface area contributed by atoms with Gasteiger partial charge in [-0.05, 0) is 35.9 Å². The van der Waals surface area contributed by atoms with Gasteiger partial charge in [0.05, 0.1) is 4.88 Å².